The van der Waals surface area contributed by atoms with Gasteiger partial charge in [0.25, 0.3) is 0 Å². The topological polar surface area (TPSA) is 46.3 Å². The van der Waals surface area contributed by atoms with Crippen LogP contribution in [0, 0.1) is 5.92 Å². The van der Waals surface area contributed by atoms with E-state index in [9.17, 15) is 4.79 Å². The Bertz CT molecular complexity index is 315. The van der Waals surface area contributed by atoms with Gasteiger partial charge in [-0.3, -0.25) is 4.79 Å². The van der Waals surface area contributed by atoms with Crippen LogP contribution in [0.25, 0.3) is 0 Å². The van der Waals surface area contributed by atoms with E-state index in [4.69, 9.17) is 5.73 Å². The Kier molecular flexibility index (Phi) is 17.4. The molecule has 0 heterocycles. The molecule has 0 aromatic rings. The smallest absolute Gasteiger partial charge is 0.222 e. The third kappa shape index (κ3) is 11.9. The van der Waals surface area contributed by atoms with E-state index in [0.29, 0.717) is 6.04 Å². The first kappa shape index (κ1) is 25.4. The molecule has 0 aromatic carbocycles. The molecule has 0 saturated heterocycles. The van der Waals surface area contributed by atoms with Gasteiger partial charge in [0.15, 0.2) is 0 Å². The van der Waals surface area contributed by atoms with Gasteiger partial charge in [-0.05, 0) is 25.9 Å². The number of rotatable bonds is 19. The summed E-state index contributed by atoms with van der Waals surface area (Å²) < 4.78 is 0. The summed E-state index contributed by atoms with van der Waals surface area (Å²) in [5.74, 6) is -0.0881. The van der Waals surface area contributed by atoms with Gasteiger partial charge in [-0.25, -0.2) is 0 Å². The van der Waals surface area contributed by atoms with Crippen LogP contribution in [-0.4, -0.2) is 29.9 Å². The fourth-order valence-corrected chi connectivity index (χ4v) is 4.22. The molecule has 2 atom stereocenters. The van der Waals surface area contributed by atoms with Crippen LogP contribution in [0.1, 0.15) is 118 Å². The lowest BCUT2D eigenvalue weighted by atomic mass is 9.89. The number of nitrogens with zero attached hydrogens (tertiary/aromatic N) is 1. The summed E-state index contributed by atoms with van der Waals surface area (Å²) in [6.45, 7) is 10.8. The number of amides is 1. The minimum absolute atomic E-state index is 0.0167. The molecule has 2 N–H and O–H groups in total. The van der Waals surface area contributed by atoms with Gasteiger partial charge in [0.2, 0.25) is 5.91 Å². The van der Waals surface area contributed by atoms with Crippen molar-refractivity contribution in [1.82, 2.24) is 4.90 Å². The lowest BCUT2D eigenvalue weighted by Gasteiger charge is -2.34. The van der Waals surface area contributed by atoms with E-state index >= 15 is 0 Å². The Labute approximate surface area is 164 Å². The minimum atomic E-state index is -0.105. The third-order valence-corrected chi connectivity index (χ3v) is 5.90. The highest BCUT2D eigenvalue weighted by Gasteiger charge is 2.28. The third-order valence-electron chi connectivity index (χ3n) is 5.90. The predicted octanol–water partition coefficient (Wildman–Crippen LogP) is 6.30. The number of carbonyl (C=O) groups excluding carboxylic acids is 1. The van der Waals surface area contributed by atoms with Crippen LogP contribution in [-0.2, 0) is 4.79 Å². The van der Waals surface area contributed by atoms with Crippen LogP contribution >= 0.6 is 0 Å². The van der Waals surface area contributed by atoms with Crippen LogP contribution in [0.5, 0.6) is 0 Å². The van der Waals surface area contributed by atoms with Crippen LogP contribution in [0.15, 0.2) is 0 Å². The fourth-order valence-electron chi connectivity index (χ4n) is 4.22. The number of hydrogen-bond donors (Lipinski definition) is 1. The molecule has 1 amide bonds. The van der Waals surface area contributed by atoms with Crippen molar-refractivity contribution in [1.29, 1.82) is 0 Å². The normalized spacial score (nSPS) is 13.9. The second kappa shape index (κ2) is 17.8. The fraction of sp³-hybridized carbons (Fsp3) is 0.957. The molecule has 0 aliphatic rings. The quantitative estimate of drug-likeness (QED) is 0.272. The Balaban J connectivity index is 3.82. The maximum atomic E-state index is 12.0. The van der Waals surface area contributed by atoms with E-state index in [1.165, 1.54) is 70.6 Å². The molecule has 3 nitrogen and oxygen atoms in total. The summed E-state index contributed by atoms with van der Waals surface area (Å²) in [4.78, 5) is 14.4. The first-order valence-corrected chi connectivity index (χ1v) is 11.7. The van der Waals surface area contributed by atoms with Crippen LogP contribution in [0.3, 0.4) is 0 Å². The highest BCUT2D eigenvalue weighted by atomic mass is 16.1. The standard InChI is InChI=1S/C23H48N2O/c1-5-9-10-11-12-13-14-15-16-17-18-19-20-21(23(24)26)22(6-2)25(7-3)8-4/h21-22H,5-20H2,1-4H3,(H2,24,26). The Hall–Kier alpha value is -0.570. The van der Waals surface area contributed by atoms with Gasteiger partial charge in [-0.15, -0.1) is 0 Å². The first-order chi connectivity index (χ1) is 12.6. The largest absolute Gasteiger partial charge is 0.369 e. The van der Waals surface area contributed by atoms with Gasteiger partial charge in [0, 0.05) is 6.04 Å². The van der Waals surface area contributed by atoms with Crippen LogP contribution in [0.2, 0.25) is 0 Å². The molecule has 2 unspecified atom stereocenters. The average molecular weight is 369 g/mol. The van der Waals surface area contributed by atoms with Gasteiger partial charge in [-0.1, -0.05) is 105 Å². The summed E-state index contributed by atoms with van der Waals surface area (Å²) >= 11 is 0. The van der Waals surface area contributed by atoms with Gasteiger partial charge >= 0.3 is 0 Å². The molecule has 26 heavy (non-hydrogen) atoms. The van der Waals surface area contributed by atoms with Gasteiger partial charge in [0.1, 0.15) is 0 Å². The summed E-state index contributed by atoms with van der Waals surface area (Å²) in [6, 6.07) is 0.315. The van der Waals surface area contributed by atoms with Crippen molar-refractivity contribution in [3.05, 3.63) is 0 Å². The van der Waals surface area contributed by atoms with E-state index in [1.54, 1.807) is 0 Å². The number of nitrogens with two attached hydrogens (primary N) is 1. The SMILES string of the molecule is CCCCCCCCCCCCCCC(C(N)=O)C(CC)N(CC)CC. The number of unbranched alkanes of at least 4 members (excludes halogenated alkanes) is 11. The van der Waals surface area contributed by atoms with Crippen molar-refractivity contribution in [3.63, 3.8) is 0 Å². The summed E-state index contributed by atoms with van der Waals surface area (Å²) in [6.07, 6.45) is 18.2. The van der Waals surface area contributed by atoms with E-state index < -0.39 is 0 Å². The van der Waals surface area contributed by atoms with Crippen molar-refractivity contribution in [2.45, 2.75) is 124 Å². The van der Waals surface area contributed by atoms with Gasteiger partial charge in [-0.2, -0.15) is 0 Å². The van der Waals surface area contributed by atoms with E-state index in [0.717, 1.165) is 32.4 Å². The lowest BCUT2D eigenvalue weighted by Crippen LogP contribution is -2.45. The van der Waals surface area contributed by atoms with Crippen molar-refractivity contribution >= 4 is 5.91 Å². The van der Waals surface area contributed by atoms with Crippen molar-refractivity contribution in [2.24, 2.45) is 11.7 Å². The zero-order valence-electron chi connectivity index (χ0n) is 18.4. The molecule has 0 spiro atoms. The van der Waals surface area contributed by atoms with Crippen LogP contribution in [0.4, 0.5) is 0 Å². The maximum absolute atomic E-state index is 12.0. The molecule has 0 fully saturated rings. The van der Waals surface area contributed by atoms with Gasteiger partial charge < -0.3 is 10.6 Å². The van der Waals surface area contributed by atoms with Crippen molar-refractivity contribution in [2.75, 3.05) is 13.1 Å². The maximum Gasteiger partial charge on any atom is 0.222 e. The molecule has 3 heteroatoms. The number of carbonyl (C=O) groups is 1. The Morgan fingerprint density at radius 3 is 1.50 bits per heavy atom. The Morgan fingerprint density at radius 1 is 0.731 bits per heavy atom. The monoisotopic (exact) mass is 368 g/mol. The molecule has 0 aliphatic carbocycles. The number of primary amides is 1. The first-order valence-electron chi connectivity index (χ1n) is 11.7. The molecule has 0 aromatic heterocycles. The van der Waals surface area contributed by atoms with Gasteiger partial charge in [0.05, 0.1) is 5.92 Å². The average Bonchev–Trinajstić information content (AvgIpc) is 2.64. The van der Waals surface area contributed by atoms with Crippen molar-refractivity contribution < 1.29 is 4.79 Å². The van der Waals surface area contributed by atoms with E-state index in [2.05, 4.69) is 32.6 Å². The second-order valence-corrected chi connectivity index (χ2v) is 7.88. The summed E-state index contributed by atoms with van der Waals surface area (Å²) in [5.41, 5.74) is 5.73. The zero-order chi connectivity index (χ0) is 19.6. The molecular weight excluding hydrogens is 320 g/mol. The van der Waals surface area contributed by atoms with E-state index in [1.807, 2.05) is 0 Å². The lowest BCUT2D eigenvalue weighted by molar-refractivity contribution is -0.124. The summed E-state index contributed by atoms with van der Waals surface area (Å²) in [5, 5.41) is 0. The molecular formula is C23H48N2O. The van der Waals surface area contributed by atoms with Crippen molar-refractivity contribution in [3.8, 4) is 0 Å². The molecule has 0 saturated carbocycles. The minimum Gasteiger partial charge on any atom is -0.369 e. The summed E-state index contributed by atoms with van der Waals surface area (Å²) in [7, 11) is 0. The van der Waals surface area contributed by atoms with Crippen LogP contribution < -0.4 is 5.73 Å². The highest BCUT2D eigenvalue weighted by Crippen LogP contribution is 2.22. The van der Waals surface area contributed by atoms with E-state index in [-0.39, 0.29) is 11.8 Å². The molecule has 0 rings (SSSR count). The molecule has 156 valence electrons. The highest BCUT2D eigenvalue weighted by molar-refractivity contribution is 5.77. The number of hydrogen-bond acceptors (Lipinski definition) is 2. The predicted molar refractivity (Wildman–Crippen MR) is 115 cm³/mol. The second-order valence-electron chi connectivity index (χ2n) is 7.88. The molecule has 0 bridgehead atoms. The molecule has 0 radical (unpaired) electrons. The molecule has 0 aliphatic heterocycles. The zero-order valence-corrected chi connectivity index (χ0v) is 18.4. The Morgan fingerprint density at radius 2 is 1.15 bits per heavy atom.